The fourth-order valence-corrected chi connectivity index (χ4v) is 1.47. The molecule has 0 atom stereocenters. The van der Waals surface area contributed by atoms with E-state index >= 15 is 0 Å². The Bertz CT molecular complexity index is 198. The first-order valence-electron chi connectivity index (χ1n) is 4.27. The lowest BCUT2D eigenvalue weighted by Gasteiger charge is -2.16. The van der Waals surface area contributed by atoms with Gasteiger partial charge in [0.05, 0.1) is 13.2 Å². The first-order chi connectivity index (χ1) is 5.75. The van der Waals surface area contributed by atoms with Crippen LogP contribution in [0.1, 0.15) is 26.2 Å². The number of hydrogen-bond acceptors (Lipinski definition) is 2. The summed E-state index contributed by atoms with van der Waals surface area (Å²) in [6.45, 7) is 3.23. The third kappa shape index (κ3) is 2.08. The fraction of sp³-hybridized carbons (Fsp3) is 0.667. The summed E-state index contributed by atoms with van der Waals surface area (Å²) < 4.78 is 5.15. The summed E-state index contributed by atoms with van der Waals surface area (Å²) in [7, 11) is 0. The number of carbonyl (C=O) groups is 1. The molecule has 3 nitrogen and oxygen atoms in total. The molecule has 0 aromatic carbocycles. The van der Waals surface area contributed by atoms with Gasteiger partial charge >= 0.3 is 5.97 Å². The highest BCUT2D eigenvalue weighted by Gasteiger charge is 2.14. The zero-order chi connectivity index (χ0) is 8.97. The molecular weight excluding hydrogens is 156 g/mol. The molecule has 0 aromatic heterocycles. The van der Waals surface area contributed by atoms with Crippen molar-refractivity contribution >= 4 is 5.97 Å². The maximum absolute atomic E-state index is 10.7. The summed E-state index contributed by atoms with van der Waals surface area (Å²) >= 11 is 0. The van der Waals surface area contributed by atoms with Crippen LogP contribution in [0.5, 0.6) is 0 Å². The molecule has 0 amide bonds. The second-order valence-corrected chi connectivity index (χ2v) is 2.85. The van der Waals surface area contributed by atoms with Gasteiger partial charge in [-0.25, -0.2) is 4.79 Å². The Morgan fingerprint density at radius 3 is 2.50 bits per heavy atom. The summed E-state index contributed by atoms with van der Waals surface area (Å²) in [4.78, 5) is 10.7. The van der Waals surface area contributed by atoms with Crippen LogP contribution in [0.4, 0.5) is 0 Å². The van der Waals surface area contributed by atoms with Crippen LogP contribution < -0.4 is 0 Å². The number of carboxylic acid groups (broad SMARTS) is 1. The highest BCUT2D eigenvalue weighted by molar-refractivity contribution is 5.87. The zero-order valence-electron chi connectivity index (χ0n) is 7.30. The quantitative estimate of drug-likeness (QED) is 0.640. The molecule has 0 spiro atoms. The molecule has 1 rings (SSSR count). The number of aliphatic carboxylic acids is 1. The van der Waals surface area contributed by atoms with Gasteiger partial charge in [-0.2, -0.15) is 0 Å². The summed E-state index contributed by atoms with van der Waals surface area (Å²) in [6.07, 6.45) is 2.19. The molecule has 68 valence electrons. The van der Waals surface area contributed by atoms with Crippen LogP contribution in [-0.2, 0) is 9.53 Å². The number of hydrogen-bond donors (Lipinski definition) is 1. The standard InChI is InChI=1S/C9H14O3/c1-2-8(9(10)11)7-3-5-12-6-4-7/h2-6H2,1H3,(H,10,11). The molecule has 3 heteroatoms. The van der Waals surface area contributed by atoms with Gasteiger partial charge in [0.25, 0.3) is 0 Å². The van der Waals surface area contributed by atoms with Crippen LogP contribution in [0.15, 0.2) is 11.1 Å². The van der Waals surface area contributed by atoms with E-state index in [2.05, 4.69) is 0 Å². The molecule has 1 fully saturated rings. The van der Waals surface area contributed by atoms with Gasteiger partial charge in [0.2, 0.25) is 0 Å². The molecule has 0 aromatic rings. The fourth-order valence-electron chi connectivity index (χ4n) is 1.47. The van der Waals surface area contributed by atoms with Crippen molar-refractivity contribution in [2.24, 2.45) is 0 Å². The molecule has 0 radical (unpaired) electrons. The van der Waals surface area contributed by atoms with E-state index in [9.17, 15) is 4.79 Å². The molecule has 1 N–H and O–H groups in total. The van der Waals surface area contributed by atoms with Crippen molar-refractivity contribution in [3.05, 3.63) is 11.1 Å². The van der Waals surface area contributed by atoms with Crippen LogP contribution in [-0.4, -0.2) is 24.3 Å². The number of carboxylic acids is 1. The van der Waals surface area contributed by atoms with Gasteiger partial charge in [0.15, 0.2) is 0 Å². The van der Waals surface area contributed by atoms with E-state index in [1.165, 1.54) is 0 Å². The predicted molar refractivity (Wildman–Crippen MR) is 45.0 cm³/mol. The van der Waals surface area contributed by atoms with Gasteiger partial charge in [-0.3, -0.25) is 0 Å². The molecule has 12 heavy (non-hydrogen) atoms. The Hall–Kier alpha value is -0.830. The maximum atomic E-state index is 10.7. The van der Waals surface area contributed by atoms with Gasteiger partial charge in [-0.05, 0) is 19.3 Å². The summed E-state index contributed by atoms with van der Waals surface area (Å²) in [5.41, 5.74) is 1.65. The van der Waals surface area contributed by atoms with Crippen molar-refractivity contribution < 1.29 is 14.6 Å². The van der Waals surface area contributed by atoms with Crippen molar-refractivity contribution in [1.29, 1.82) is 0 Å². The van der Waals surface area contributed by atoms with Gasteiger partial charge < -0.3 is 9.84 Å². The van der Waals surface area contributed by atoms with Crippen molar-refractivity contribution in [3.63, 3.8) is 0 Å². The van der Waals surface area contributed by atoms with Gasteiger partial charge in [0.1, 0.15) is 0 Å². The second kappa shape index (κ2) is 4.26. The minimum Gasteiger partial charge on any atom is -0.478 e. The Balaban J connectivity index is 2.75. The first-order valence-corrected chi connectivity index (χ1v) is 4.27. The van der Waals surface area contributed by atoms with E-state index in [1.807, 2.05) is 6.92 Å². The van der Waals surface area contributed by atoms with Gasteiger partial charge in [0, 0.05) is 5.57 Å². The molecule has 1 heterocycles. The average molecular weight is 170 g/mol. The molecule has 0 saturated carbocycles. The third-order valence-electron chi connectivity index (χ3n) is 2.13. The van der Waals surface area contributed by atoms with E-state index < -0.39 is 5.97 Å². The van der Waals surface area contributed by atoms with Crippen LogP contribution in [0.2, 0.25) is 0 Å². The monoisotopic (exact) mass is 170 g/mol. The predicted octanol–water partition coefficient (Wildman–Crippen LogP) is 1.59. The van der Waals surface area contributed by atoms with Crippen LogP contribution in [0, 0.1) is 0 Å². The third-order valence-corrected chi connectivity index (χ3v) is 2.13. The Labute approximate surface area is 72.0 Å². The van der Waals surface area contributed by atoms with Crippen molar-refractivity contribution in [3.8, 4) is 0 Å². The van der Waals surface area contributed by atoms with E-state index in [1.54, 1.807) is 0 Å². The van der Waals surface area contributed by atoms with Crippen LogP contribution >= 0.6 is 0 Å². The van der Waals surface area contributed by atoms with Gasteiger partial charge in [-0.1, -0.05) is 12.5 Å². The second-order valence-electron chi connectivity index (χ2n) is 2.85. The number of rotatable bonds is 2. The molecule has 0 aliphatic carbocycles. The first kappa shape index (κ1) is 9.26. The smallest absolute Gasteiger partial charge is 0.331 e. The van der Waals surface area contributed by atoms with Gasteiger partial charge in [-0.15, -0.1) is 0 Å². The molecule has 1 aliphatic rings. The van der Waals surface area contributed by atoms with Crippen molar-refractivity contribution in [1.82, 2.24) is 0 Å². The molecule has 1 saturated heterocycles. The SMILES string of the molecule is CCC(C(=O)O)=C1CCOCC1. The van der Waals surface area contributed by atoms with Crippen molar-refractivity contribution in [2.75, 3.05) is 13.2 Å². The van der Waals surface area contributed by atoms with Crippen LogP contribution in [0.3, 0.4) is 0 Å². The topological polar surface area (TPSA) is 46.5 Å². The minimum atomic E-state index is -0.769. The molecular formula is C9H14O3. The lowest BCUT2D eigenvalue weighted by Crippen LogP contribution is -2.12. The molecule has 0 unspecified atom stereocenters. The maximum Gasteiger partial charge on any atom is 0.331 e. The summed E-state index contributed by atoms with van der Waals surface area (Å²) in [6, 6.07) is 0. The van der Waals surface area contributed by atoms with E-state index in [4.69, 9.17) is 9.84 Å². The zero-order valence-corrected chi connectivity index (χ0v) is 7.30. The molecule has 1 aliphatic heterocycles. The van der Waals surface area contributed by atoms with E-state index in [0.717, 1.165) is 18.4 Å². The van der Waals surface area contributed by atoms with E-state index in [0.29, 0.717) is 25.2 Å². The number of ether oxygens (including phenoxy) is 1. The highest BCUT2D eigenvalue weighted by Crippen LogP contribution is 2.20. The van der Waals surface area contributed by atoms with Crippen molar-refractivity contribution in [2.45, 2.75) is 26.2 Å². The molecule has 0 bridgehead atoms. The average Bonchev–Trinajstić information content (AvgIpc) is 2.07. The van der Waals surface area contributed by atoms with Crippen LogP contribution in [0.25, 0.3) is 0 Å². The Morgan fingerprint density at radius 2 is 2.08 bits per heavy atom. The summed E-state index contributed by atoms with van der Waals surface area (Å²) in [5, 5.41) is 8.83. The lowest BCUT2D eigenvalue weighted by atomic mass is 9.99. The lowest BCUT2D eigenvalue weighted by molar-refractivity contribution is -0.132. The normalized spacial score (nSPS) is 17.6. The van der Waals surface area contributed by atoms with E-state index in [-0.39, 0.29) is 0 Å². The highest BCUT2D eigenvalue weighted by atomic mass is 16.5. The Morgan fingerprint density at radius 1 is 1.50 bits per heavy atom. The largest absolute Gasteiger partial charge is 0.478 e. The summed E-state index contributed by atoms with van der Waals surface area (Å²) in [5.74, 6) is -0.769. The minimum absolute atomic E-state index is 0.582. The Kier molecular flexibility index (Phi) is 3.29.